The lowest BCUT2D eigenvalue weighted by molar-refractivity contribution is -0.112. The zero-order valence-corrected chi connectivity index (χ0v) is 18.9. The Morgan fingerprint density at radius 3 is 2.44 bits per heavy atom. The van der Waals surface area contributed by atoms with Crippen molar-refractivity contribution in [1.82, 2.24) is 0 Å². The van der Waals surface area contributed by atoms with E-state index in [4.69, 9.17) is 21.1 Å². The number of ether oxygens (including phenoxy) is 2. The van der Waals surface area contributed by atoms with E-state index in [9.17, 15) is 10.1 Å². The molecule has 0 saturated heterocycles. The summed E-state index contributed by atoms with van der Waals surface area (Å²) >= 11 is 6.18. The Morgan fingerprint density at radius 1 is 1.06 bits per heavy atom. The van der Waals surface area contributed by atoms with Gasteiger partial charge in [-0.1, -0.05) is 54.1 Å². The molecule has 0 bridgehead atoms. The Hall–Kier alpha value is -3.75. The number of amides is 1. The average Bonchev–Trinajstić information content (AvgIpc) is 2.79. The largest absolute Gasteiger partial charge is 0.493 e. The Morgan fingerprint density at radius 2 is 1.78 bits per heavy atom. The first-order chi connectivity index (χ1) is 15.4. The molecule has 0 radical (unpaired) electrons. The third-order valence-corrected chi connectivity index (χ3v) is 5.29. The second kappa shape index (κ2) is 10.5. The maximum atomic E-state index is 12.7. The van der Waals surface area contributed by atoms with Gasteiger partial charge >= 0.3 is 0 Å². The number of hydrogen-bond acceptors (Lipinski definition) is 4. The van der Waals surface area contributed by atoms with Crippen LogP contribution in [0.25, 0.3) is 6.08 Å². The van der Waals surface area contributed by atoms with E-state index in [2.05, 4.69) is 5.32 Å². The molecular formula is C26H23ClN2O3. The van der Waals surface area contributed by atoms with Crippen LogP contribution in [0.3, 0.4) is 0 Å². The molecule has 32 heavy (non-hydrogen) atoms. The third-order valence-electron chi connectivity index (χ3n) is 4.92. The van der Waals surface area contributed by atoms with Gasteiger partial charge in [-0.3, -0.25) is 4.79 Å². The van der Waals surface area contributed by atoms with Crippen LogP contribution in [0.2, 0.25) is 5.02 Å². The van der Waals surface area contributed by atoms with Gasteiger partial charge < -0.3 is 14.8 Å². The minimum absolute atomic E-state index is 0.0144. The van der Waals surface area contributed by atoms with Gasteiger partial charge in [0.05, 0.1) is 7.11 Å². The molecule has 0 atom stereocenters. The van der Waals surface area contributed by atoms with E-state index in [0.717, 1.165) is 16.7 Å². The number of hydrogen-bond donors (Lipinski definition) is 1. The molecular weight excluding hydrogens is 424 g/mol. The number of para-hydroxylation sites is 1. The van der Waals surface area contributed by atoms with Crippen LogP contribution in [-0.2, 0) is 11.4 Å². The highest BCUT2D eigenvalue weighted by molar-refractivity contribution is 6.31. The highest BCUT2D eigenvalue weighted by Crippen LogP contribution is 2.30. The first kappa shape index (κ1) is 22.9. The number of aryl methyl sites for hydroxylation is 2. The number of carbonyl (C=O) groups excluding carboxylic acids is 1. The number of benzene rings is 3. The lowest BCUT2D eigenvalue weighted by atomic mass is 10.1. The lowest BCUT2D eigenvalue weighted by Gasteiger charge is -2.13. The molecule has 6 heteroatoms. The first-order valence-electron chi connectivity index (χ1n) is 9.96. The van der Waals surface area contributed by atoms with Crippen LogP contribution in [0.15, 0.2) is 66.2 Å². The second-order valence-electron chi connectivity index (χ2n) is 7.18. The number of halogens is 1. The summed E-state index contributed by atoms with van der Waals surface area (Å²) in [6.45, 7) is 4.10. The van der Waals surface area contributed by atoms with Gasteiger partial charge in [-0.05, 0) is 54.8 Å². The zero-order chi connectivity index (χ0) is 23.1. The summed E-state index contributed by atoms with van der Waals surface area (Å²) in [5, 5.41) is 13.0. The smallest absolute Gasteiger partial charge is 0.266 e. The van der Waals surface area contributed by atoms with Gasteiger partial charge in [-0.15, -0.1) is 0 Å². The van der Waals surface area contributed by atoms with Crippen molar-refractivity contribution in [3.8, 4) is 17.6 Å². The van der Waals surface area contributed by atoms with Crippen LogP contribution in [0, 0.1) is 25.2 Å². The summed E-state index contributed by atoms with van der Waals surface area (Å²) in [6, 6.07) is 20.4. The SMILES string of the molecule is COc1cc(/C=C(/C#N)C(=O)Nc2c(C)cccc2C)ccc1OCc1ccccc1Cl. The van der Waals surface area contributed by atoms with Crippen molar-refractivity contribution in [2.75, 3.05) is 12.4 Å². The van der Waals surface area contributed by atoms with Crippen molar-refractivity contribution in [2.45, 2.75) is 20.5 Å². The fraction of sp³-hybridized carbons (Fsp3) is 0.154. The molecule has 0 saturated carbocycles. The second-order valence-corrected chi connectivity index (χ2v) is 7.59. The summed E-state index contributed by atoms with van der Waals surface area (Å²) in [6.07, 6.45) is 1.52. The topological polar surface area (TPSA) is 71.3 Å². The Kier molecular flexibility index (Phi) is 7.54. The monoisotopic (exact) mass is 446 g/mol. The van der Waals surface area contributed by atoms with E-state index < -0.39 is 5.91 Å². The van der Waals surface area contributed by atoms with Crippen LogP contribution < -0.4 is 14.8 Å². The summed E-state index contributed by atoms with van der Waals surface area (Å²) < 4.78 is 11.3. The zero-order valence-electron chi connectivity index (χ0n) is 18.1. The molecule has 5 nitrogen and oxygen atoms in total. The molecule has 3 aromatic rings. The van der Waals surface area contributed by atoms with Crippen LogP contribution >= 0.6 is 11.6 Å². The lowest BCUT2D eigenvalue weighted by Crippen LogP contribution is -2.15. The van der Waals surface area contributed by atoms with Gasteiger partial charge in [-0.25, -0.2) is 0 Å². The number of anilines is 1. The molecule has 0 aromatic heterocycles. The molecule has 162 valence electrons. The highest BCUT2D eigenvalue weighted by atomic mass is 35.5. The van der Waals surface area contributed by atoms with Crippen molar-refractivity contribution >= 4 is 29.3 Å². The van der Waals surface area contributed by atoms with E-state index in [1.54, 1.807) is 24.3 Å². The predicted octanol–water partition coefficient (Wildman–Crippen LogP) is 6.09. The van der Waals surface area contributed by atoms with Gasteiger partial charge in [0.25, 0.3) is 5.91 Å². The van der Waals surface area contributed by atoms with E-state index in [0.29, 0.717) is 27.8 Å². The van der Waals surface area contributed by atoms with E-state index in [1.807, 2.05) is 56.3 Å². The molecule has 0 aliphatic carbocycles. The summed E-state index contributed by atoms with van der Waals surface area (Å²) in [5.74, 6) is 0.546. The predicted molar refractivity (Wildman–Crippen MR) is 127 cm³/mol. The van der Waals surface area contributed by atoms with E-state index in [-0.39, 0.29) is 12.2 Å². The number of nitrogens with one attached hydrogen (secondary N) is 1. The van der Waals surface area contributed by atoms with Gasteiger partial charge in [-0.2, -0.15) is 5.26 Å². The minimum atomic E-state index is -0.470. The number of carbonyl (C=O) groups is 1. The summed E-state index contributed by atoms with van der Waals surface area (Å²) in [7, 11) is 1.53. The van der Waals surface area contributed by atoms with Crippen LogP contribution in [0.4, 0.5) is 5.69 Å². The molecule has 0 aliphatic rings. The van der Waals surface area contributed by atoms with Crippen molar-refractivity contribution in [3.63, 3.8) is 0 Å². The Labute approximate surface area is 192 Å². The van der Waals surface area contributed by atoms with Crippen LogP contribution in [0.1, 0.15) is 22.3 Å². The van der Waals surface area contributed by atoms with E-state index >= 15 is 0 Å². The van der Waals surface area contributed by atoms with Gasteiger partial charge in [0, 0.05) is 16.3 Å². The van der Waals surface area contributed by atoms with Gasteiger partial charge in [0.1, 0.15) is 18.2 Å². The van der Waals surface area contributed by atoms with Crippen LogP contribution in [-0.4, -0.2) is 13.0 Å². The number of rotatable bonds is 7. The molecule has 0 heterocycles. The third kappa shape index (κ3) is 5.48. The molecule has 1 N–H and O–H groups in total. The molecule has 0 unspecified atom stereocenters. The number of nitrogens with zero attached hydrogens (tertiary/aromatic N) is 1. The minimum Gasteiger partial charge on any atom is -0.493 e. The molecule has 3 aromatic carbocycles. The fourth-order valence-corrected chi connectivity index (χ4v) is 3.36. The molecule has 0 fully saturated rings. The van der Waals surface area contributed by atoms with Crippen molar-refractivity contribution in [3.05, 3.63) is 93.5 Å². The first-order valence-corrected chi connectivity index (χ1v) is 10.3. The number of nitriles is 1. The quantitative estimate of drug-likeness (QED) is 0.352. The van der Waals surface area contributed by atoms with Gasteiger partial charge in [0.2, 0.25) is 0 Å². The van der Waals surface area contributed by atoms with Crippen molar-refractivity contribution < 1.29 is 14.3 Å². The normalized spacial score (nSPS) is 10.9. The number of methoxy groups -OCH3 is 1. The van der Waals surface area contributed by atoms with E-state index in [1.165, 1.54) is 13.2 Å². The molecule has 0 spiro atoms. The summed E-state index contributed by atoms with van der Waals surface area (Å²) in [5.41, 5.74) is 4.05. The Bertz CT molecular complexity index is 1190. The molecule has 3 rings (SSSR count). The van der Waals surface area contributed by atoms with Crippen LogP contribution in [0.5, 0.6) is 11.5 Å². The maximum Gasteiger partial charge on any atom is 0.266 e. The van der Waals surface area contributed by atoms with Crippen molar-refractivity contribution in [2.24, 2.45) is 0 Å². The fourth-order valence-electron chi connectivity index (χ4n) is 3.17. The Balaban J connectivity index is 1.79. The van der Waals surface area contributed by atoms with Gasteiger partial charge in [0.15, 0.2) is 11.5 Å². The average molecular weight is 447 g/mol. The molecule has 1 amide bonds. The molecule has 0 aliphatic heterocycles. The standard InChI is InChI=1S/C26H23ClN2O3/c1-17-7-6-8-18(2)25(17)29-26(30)21(15-28)13-19-11-12-23(24(14-19)31-3)32-16-20-9-4-5-10-22(20)27/h4-14H,16H2,1-3H3,(H,29,30)/b21-13-. The van der Waals surface area contributed by atoms with Crippen molar-refractivity contribution in [1.29, 1.82) is 5.26 Å². The maximum absolute atomic E-state index is 12.7. The highest BCUT2D eigenvalue weighted by Gasteiger charge is 2.13. The summed E-state index contributed by atoms with van der Waals surface area (Å²) in [4.78, 5) is 12.7.